The Hall–Kier alpha value is -17.4. The van der Waals surface area contributed by atoms with Crippen molar-refractivity contribution in [3.8, 4) is 89.3 Å². The molecule has 0 atom stereocenters. The van der Waals surface area contributed by atoms with E-state index in [0.717, 1.165) is 125 Å². The zero-order valence-electron chi connectivity index (χ0n) is 91.6. The molecule has 0 saturated heterocycles. The van der Waals surface area contributed by atoms with Crippen LogP contribution in [-0.4, -0.2) is 15.8 Å². The Morgan fingerprint density at radius 1 is 0.219 bits per heavy atom. The molecule has 0 saturated carbocycles. The number of anilines is 6. The van der Waals surface area contributed by atoms with Crippen LogP contribution in [0.1, 0.15) is 49.6 Å². The highest BCUT2D eigenvalue weighted by Gasteiger charge is 2.47. The highest BCUT2D eigenvalue weighted by molar-refractivity contribution is 7.00. The molecule has 0 unspecified atom stereocenters. The van der Waals surface area contributed by atoms with Crippen LogP contribution in [0.3, 0.4) is 0 Å². The topological polar surface area (TPSA) is 16.3 Å². The summed E-state index contributed by atoms with van der Waals surface area (Å²) in [6, 6.07) is 118. The lowest BCUT2D eigenvalue weighted by Crippen LogP contribution is -2.61. The molecule has 4 heterocycles. The van der Waals surface area contributed by atoms with Gasteiger partial charge < -0.3 is 18.9 Å². The summed E-state index contributed by atoms with van der Waals surface area (Å²) in [7, 11) is 0. The summed E-state index contributed by atoms with van der Waals surface area (Å²) in [6.45, 7) is 5.53. The van der Waals surface area contributed by atoms with Crippen molar-refractivity contribution in [3.63, 3.8) is 0 Å². The number of aromatic nitrogens is 2. The number of hydrogen-bond donors (Lipinski definition) is 0. The molecule has 2 aromatic heterocycles. The third kappa shape index (κ3) is 12.4. The molecule has 24 aromatic carbocycles. The highest BCUT2D eigenvalue weighted by atomic mass is 15.2. The van der Waals surface area contributed by atoms with Crippen LogP contribution in [0, 0.1) is 0 Å². The van der Waals surface area contributed by atoms with E-state index in [9.17, 15) is 23.3 Å². The fraction of sp³-hybridized carbons (Fsp3) is 0.0303. The smallest absolute Gasteiger partial charge is 0.252 e. The van der Waals surface area contributed by atoms with E-state index < -0.39 is 60.5 Å². The van der Waals surface area contributed by atoms with Gasteiger partial charge in [0.25, 0.3) is 6.71 Å². The summed E-state index contributed by atoms with van der Waals surface area (Å²) >= 11 is 0. The molecule has 4 nitrogen and oxygen atoms in total. The SMILES string of the molecule is [2H]c1c([2H])c(-c2ccc3c(ccc4ccccc43)c2)c(N2c3cc(-n4c5c([2H])c([2H])c([2H])c([2H])c5c5c([2H])c([2H])c(-c6ccccc6)c([2H])c54)ccc3B3c4ccc(-n5c6c([2H])c([2H])c([2H])c([2H])c6c6c([2H])c([2H])c(-c7ccccc7)c([2H])c65)cc4N(c4c(-c5ccc6c(ccc7ccccc76)c5)cc(-c5ccccc5)cc4-c4ccc5c(ccc6ccccc65)c4)c4cc(C(C)(C)C)cc2c43)c(-c2ccc3c(ccc4ccccc43)c2)c1[2H]. The minimum atomic E-state index is -0.968. The minimum absolute atomic E-state index is 0.0183. The van der Waals surface area contributed by atoms with Crippen LogP contribution in [-0.2, 0) is 5.41 Å². The van der Waals surface area contributed by atoms with Crippen LogP contribution < -0.4 is 26.2 Å². The van der Waals surface area contributed by atoms with Gasteiger partial charge in [-0.25, -0.2) is 0 Å². The maximum atomic E-state index is 11.2. The van der Waals surface area contributed by atoms with Crippen LogP contribution >= 0.6 is 0 Å². The minimum Gasteiger partial charge on any atom is -0.310 e. The first kappa shape index (κ1) is 62.9. The van der Waals surface area contributed by atoms with Crippen molar-refractivity contribution >= 4 is 187 Å². The van der Waals surface area contributed by atoms with Gasteiger partial charge in [0.1, 0.15) is 0 Å². The van der Waals surface area contributed by atoms with Crippen molar-refractivity contribution < 1.29 is 23.3 Å². The van der Waals surface area contributed by atoms with Crippen molar-refractivity contribution in [2.75, 3.05) is 9.80 Å². The van der Waals surface area contributed by atoms with Crippen molar-refractivity contribution in [2.45, 2.75) is 26.2 Å². The summed E-state index contributed by atoms with van der Waals surface area (Å²) in [5.41, 5.74) is 13.2. The molecule has 28 rings (SSSR count). The molecule has 2 aliphatic rings. The molecule has 0 N–H and O–H groups in total. The second kappa shape index (κ2) is 30.6. The van der Waals surface area contributed by atoms with E-state index in [-0.39, 0.29) is 126 Å². The number of benzene rings is 24. The monoisotopic (exact) mass is 1760 g/mol. The van der Waals surface area contributed by atoms with Gasteiger partial charge in [0.2, 0.25) is 0 Å². The van der Waals surface area contributed by atoms with Gasteiger partial charge in [-0.15, -0.1) is 0 Å². The van der Waals surface area contributed by atoms with Gasteiger partial charge in [-0.05, 0) is 266 Å². The first-order valence-corrected chi connectivity index (χ1v) is 46.5. The third-order valence-corrected chi connectivity index (χ3v) is 28.6. The summed E-state index contributed by atoms with van der Waals surface area (Å²) in [5, 5.41) is 15.5. The fourth-order valence-corrected chi connectivity index (χ4v) is 22.0. The summed E-state index contributed by atoms with van der Waals surface area (Å²) in [6.07, 6.45) is 0. The summed E-state index contributed by atoms with van der Waals surface area (Å²) in [4.78, 5) is 4.53. The van der Waals surface area contributed by atoms with Crippen molar-refractivity contribution in [1.29, 1.82) is 0 Å². The number of nitrogens with zero attached hydrogens (tertiary/aromatic N) is 4. The molecule has 0 fully saturated rings. The van der Waals surface area contributed by atoms with Crippen LogP contribution in [0.5, 0.6) is 0 Å². The van der Waals surface area contributed by atoms with Gasteiger partial charge in [-0.3, -0.25) is 0 Å². The van der Waals surface area contributed by atoms with Gasteiger partial charge in [-0.1, -0.05) is 397 Å². The van der Waals surface area contributed by atoms with Gasteiger partial charge in [0.05, 0.1) is 56.7 Å². The Kier molecular flexibility index (Phi) is 14.0. The highest BCUT2D eigenvalue weighted by Crippen LogP contribution is 2.57. The van der Waals surface area contributed by atoms with Crippen molar-refractivity contribution in [3.05, 3.63) is 478 Å². The molecular weight excluding hydrogens is 1650 g/mol. The molecule has 0 spiro atoms. The maximum absolute atomic E-state index is 11.2. The van der Waals surface area contributed by atoms with Crippen LogP contribution in [0.4, 0.5) is 34.1 Å². The Balaban J connectivity index is 0.844. The molecular formula is C132H87BN4. The molecule has 0 amide bonds. The Morgan fingerprint density at radius 2 is 0.547 bits per heavy atom. The lowest BCUT2D eigenvalue weighted by molar-refractivity contribution is 0.590. The largest absolute Gasteiger partial charge is 0.310 e. The fourth-order valence-electron chi connectivity index (χ4n) is 22.0. The molecule has 5 heteroatoms. The molecule has 0 bridgehead atoms. The second-order valence-electron chi connectivity index (χ2n) is 37.2. The van der Waals surface area contributed by atoms with E-state index in [1.807, 2.05) is 115 Å². The average Bonchev–Trinajstić information content (AvgIpc) is 1.39. The number of rotatable bonds is 11. The predicted molar refractivity (Wildman–Crippen MR) is 586 cm³/mol. The van der Waals surface area contributed by atoms with Gasteiger partial charge >= 0.3 is 0 Å². The normalized spacial score (nSPS) is 14.3. The first-order chi connectivity index (χ1) is 74.6. The Morgan fingerprint density at radius 3 is 0.934 bits per heavy atom. The van der Waals surface area contributed by atoms with E-state index in [1.54, 1.807) is 57.7 Å². The first-order valence-electron chi connectivity index (χ1n) is 55.0. The molecule has 2 aliphatic heterocycles. The van der Waals surface area contributed by atoms with E-state index in [1.165, 1.54) is 0 Å². The Bertz CT molecular complexity index is 10500. The average molecular weight is 1760 g/mol. The van der Waals surface area contributed by atoms with Crippen molar-refractivity contribution in [2.24, 2.45) is 0 Å². The van der Waals surface area contributed by atoms with E-state index in [0.29, 0.717) is 78.5 Å². The third-order valence-electron chi connectivity index (χ3n) is 28.6. The molecule has 137 heavy (non-hydrogen) atoms. The zero-order valence-corrected chi connectivity index (χ0v) is 74.6. The Labute approximate surface area is 818 Å². The van der Waals surface area contributed by atoms with Crippen LogP contribution in [0.2, 0.25) is 0 Å². The van der Waals surface area contributed by atoms with E-state index >= 15 is 0 Å². The maximum Gasteiger partial charge on any atom is 0.252 e. The number of para-hydroxylation sites is 3. The van der Waals surface area contributed by atoms with E-state index in [2.05, 4.69) is 237 Å². The molecule has 0 aliphatic carbocycles. The number of hydrogen-bond acceptors (Lipinski definition) is 2. The summed E-state index contributed by atoms with van der Waals surface area (Å²) in [5.74, 6) is 0. The molecule has 0 radical (unpaired) electrons. The predicted octanol–water partition coefficient (Wildman–Crippen LogP) is 34.2. The van der Waals surface area contributed by atoms with Gasteiger partial charge in [-0.2, -0.15) is 0 Å². The van der Waals surface area contributed by atoms with Gasteiger partial charge in [0, 0.05) is 77.9 Å². The van der Waals surface area contributed by atoms with Crippen molar-refractivity contribution in [1.82, 2.24) is 9.13 Å². The van der Waals surface area contributed by atoms with Crippen LogP contribution in [0.25, 0.3) is 219 Å². The quantitative estimate of drug-likeness (QED) is 0.0948. The summed E-state index contributed by atoms with van der Waals surface area (Å²) < 4.78 is 178. The van der Waals surface area contributed by atoms with Crippen LogP contribution in [0.15, 0.2) is 473 Å². The second-order valence-corrected chi connectivity index (χ2v) is 37.2. The lowest BCUT2D eigenvalue weighted by Gasteiger charge is -2.46. The lowest BCUT2D eigenvalue weighted by atomic mass is 9.33. The van der Waals surface area contributed by atoms with Gasteiger partial charge in [0.15, 0.2) is 0 Å². The molecule has 638 valence electrons. The number of fused-ring (bicyclic) bond motifs is 22. The van der Waals surface area contributed by atoms with E-state index in [4.69, 9.17) is 0 Å². The molecule has 26 aromatic rings. The zero-order chi connectivity index (χ0) is 105. The standard InChI is InChI=1S/C132H87BN4/c1-132(2,3)100-78-127-129-128(79-100)137(131-117(97-58-64-109-93(72-97)52-48-87-34-15-19-38-105(87)109)74-99(84-30-11-6-12-31-84)75-118(131)98-59-65-110-94(73-98)53-49-88-35-16-20-39-106(88)110)126-81-102(135-122-45-24-22-41-114(122)116-67-55-90(77-124(116)135)83-28-9-5-10-29-83)61-69-120(126)133(129)119-68-60-101(134-121-44-23-21-40-113(121)115-66-54-89(76-123(115)134)82-26-7-4-8-27-82)80-125(119)136(127)130-111(95-56-62-107-91(70-95)50-46-85-32-13-17-36-103(85)107)42-25-43-112(130)96-57-63-108-92(71-96)51-47-86-33-14-18-37-104(86)108/h4-81H,1-3H3/i21D,22D,23D,24D,25D,40D,41D,42D,43D,44D,45D,54D,55D,66D,67D,76D,77D.